The predicted octanol–water partition coefficient (Wildman–Crippen LogP) is 5.21. The van der Waals surface area contributed by atoms with E-state index < -0.39 is 5.97 Å². The summed E-state index contributed by atoms with van der Waals surface area (Å²) < 4.78 is 1.90. The molecule has 0 fully saturated rings. The van der Waals surface area contributed by atoms with Crippen molar-refractivity contribution in [1.82, 2.24) is 15.0 Å². The van der Waals surface area contributed by atoms with Crippen LogP contribution in [-0.4, -0.2) is 26.1 Å². The summed E-state index contributed by atoms with van der Waals surface area (Å²) in [7, 11) is 1.98. The molecule has 0 unspecified atom stereocenters. The van der Waals surface area contributed by atoms with E-state index in [1.54, 1.807) is 0 Å². The highest BCUT2D eigenvalue weighted by Crippen LogP contribution is 2.14. The molecular formula is C20H37N3O2. The molecule has 0 aliphatic heterocycles. The first-order valence-electron chi connectivity index (χ1n) is 10.2. The summed E-state index contributed by atoms with van der Waals surface area (Å²) in [6, 6.07) is 0. The van der Waals surface area contributed by atoms with Crippen LogP contribution in [0.3, 0.4) is 0 Å². The number of hydrogen-bond acceptors (Lipinski definition) is 3. The van der Waals surface area contributed by atoms with Gasteiger partial charge in [-0.2, -0.15) is 0 Å². The van der Waals surface area contributed by atoms with Crippen LogP contribution in [-0.2, 0) is 18.3 Å². The molecule has 0 atom stereocenters. The maximum absolute atomic E-state index is 10.4. The molecule has 1 aromatic heterocycles. The molecule has 0 aliphatic carbocycles. The standard InChI is InChI=1S/C20H37N3O2/c1-18-19(23(2)22-21-18)16-14-12-10-8-6-4-3-5-7-9-11-13-15-17-20(24)25/h3-17H2,1-2H3,(H,24,25). The minimum atomic E-state index is -0.663. The number of carbonyl (C=O) groups is 1. The minimum absolute atomic E-state index is 0.332. The number of rotatable bonds is 16. The highest BCUT2D eigenvalue weighted by Gasteiger charge is 2.05. The normalized spacial score (nSPS) is 11.1. The number of nitrogens with zero attached hydrogens (tertiary/aromatic N) is 3. The summed E-state index contributed by atoms with van der Waals surface area (Å²) in [6.45, 7) is 2.04. The Morgan fingerprint density at radius 2 is 1.28 bits per heavy atom. The van der Waals surface area contributed by atoms with Crippen LogP contribution in [0, 0.1) is 6.92 Å². The maximum atomic E-state index is 10.4. The zero-order valence-electron chi connectivity index (χ0n) is 16.3. The van der Waals surface area contributed by atoms with E-state index in [0.29, 0.717) is 6.42 Å². The van der Waals surface area contributed by atoms with Crippen molar-refractivity contribution in [3.05, 3.63) is 11.4 Å². The number of aliphatic carboxylic acids is 1. The van der Waals surface area contributed by atoms with E-state index in [9.17, 15) is 4.79 Å². The second-order valence-electron chi connectivity index (χ2n) is 7.24. The van der Waals surface area contributed by atoms with Crippen molar-refractivity contribution in [2.45, 2.75) is 103 Å². The summed E-state index contributed by atoms with van der Waals surface area (Å²) in [4.78, 5) is 10.4. The molecule has 0 spiro atoms. The quantitative estimate of drug-likeness (QED) is 0.415. The van der Waals surface area contributed by atoms with Crippen molar-refractivity contribution < 1.29 is 9.90 Å². The van der Waals surface area contributed by atoms with E-state index in [4.69, 9.17) is 5.11 Å². The SMILES string of the molecule is Cc1nnn(C)c1CCCCCCCCCCCCCCCC(=O)O. The summed E-state index contributed by atoms with van der Waals surface area (Å²) in [5, 5.41) is 16.7. The lowest BCUT2D eigenvalue weighted by molar-refractivity contribution is -0.137. The van der Waals surface area contributed by atoms with Crippen LogP contribution >= 0.6 is 0 Å². The third kappa shape index (κ3) is 11.0. The number of aryl methyl sites for hydroxylation is 2. The molecule has 0 aromatic carbocycles. The van der Waals surface area contributed by atoms with Gasteiger partial charge in [-0.1, -0.05) is 75.8 Å². The van der Waals surface area contributed by atoms with Crippen LogP contribution in [0.1, 0.15) is 101 Å². The fourth-order valence-electron chi connectivity index (χ4n) is 3.34. The van der Waals surface area contributed by atoms with Gasteiger partial charge in [0.25, 0.3) is 0 Å². The summed E-state index contributed by atoms with van der Waals surface area (Å²) in [5.41, 5.74) is 2.35. The fourth-order valence-corrected chi connectivity index (χ4v) is 3.34. The van der Waals surface area contributed by atoms with Gasteiger partial charge in [-0.25, -0.2) is 0 Å². The molecule has 0 radical (unpaired) electrons. The van der Waals surface area contributed by atoms with Crippen LogP contribution in [0.5, 0.6) is 0 Å². The minimum Gasteiger partial charge on any atom is -0.481 e. The zero-order valence-corrected chi connectivity index (χ0v) is 16.3. The van der Waals surface area contributed by atoms with Crippen LogP contribution < -0.4 is 0 Å². The molecule has 1 aromatic rings. The molecule has 0 aliphatic rings. The first-order valence-corrected chi connectivity index (χ1v) is 10.2. The van der Waals surface area contributed by atoms with Crippen LogP contribution in [0.15, 0.2) is 0 Å². The predicted molar refractivity (Wildman–Crippen MR) is 102 cm³/mol. The molecule has 0 bridgehead atoms. The van der Waals surface area contributed by atoms with Crippen molar-refractivity contribution in [2.75, 3.05) is 0 Å². The van der Waals surface area contributed by atoms with E-state index in [-0.39, 0.29) is 0 Å². The number of aromatic nitrogens is 3. The lowest BCUT2D eigenvalue weighted by Crippen LogP contribution is -1.99. The molecule has 5 heteroatoms. The van der Waals surface area contributed by atoms with Crippen molar-refractivity contribution >= 4 is 5.97 Å². The van der Waals surface area contributed by atoms with E-state index in [0.717, 1.165) is 25.0 Å². The maximum Gasteiger partial charge on any atom is 0.303 e. The third-order valence-electron chi connectivity index (χ3n) is 4.94. The van der Waals surface area contributed by atoms with Crippen molar-refractivity contribution in [3.63, 3.8) is 0 Å². The van der Waals surface area contributed by atoms with Crippen LogP contribution in [0.25, 0.3) is 0 Å². The van der Waals surface area contributed by atoms with Gasteiger partial charge in [0.05, 0.1) is 11.4 Å². The van der Waals surface area contributed by atoms with E-state index in [1.165, 1.54) is 76.3 Å². The molecule has 1 heterocycles. The van der Waals surface area contributed by atoms with Crippen LogP contribution in [0.4, 0.5) is 0 Å². The second kappa shape index (κ2) is 13.9. The molecule has 0 saturated heterocycles. The van der Waals surface area contributed by atoms with Gasteiger partial charge in [-0.05, 0) is 26.2 Å². The van der Waals surface area contributed by atoms with Crippen molar-refractivity contribution in [1.29, 1.82) is 0 Å². The van der Waals surface area contributed by atoms with Gasteiger partial charge in [0.2, 0.25) is 0 Å². The molecule has 0 saturated carbocycles. The van der Waals surface area contributed by atoms with Crippen molar-refractivity contribution in [3.8, 4) is 0 Å². The Kier molecular flexibility index (Phi) is 12.0. The van der Waals surface area contributed by atoms with Gasteiger partial charge in [0.15, 0.2) is 0 Å². The number of carboxylic acid groups (broad SMARTS) is 1. The summed E-state index contributed by atoms with van der Waals surface area (Å²) in [6.07, 6.45) is 17.8. The molecule has 1 rings (SSSR count). The van der Waals surface area contributed by atoms with Gasteiger partial charge in [-0.3, -0.25) is 9.48 Å². The lowest BCUT2D eigenvalue weighted by Gasteiger charge is -2.04. The van der Waals surface area contributed by atoms with E-state index in [1.807, 2.05) is 18.7 Å². The Hall–Kier alpha value is -1.39. The molecule has 144 valence electrons. The zero-order chi connectivity index (χ0) is 18.3. The van der Waals surface area contributed by atoms with Gasteiger partial charge < -0.3 is 5.11 Å². The van der Waals surface area contributed by atoms with Gasteiger partial charge >= 0.3 is 5.97 Å². The Labute approximate surface area is 153 Å². The van der Waals surface area contributed by atoms with E-state index in [2.05, 4.69) is 10.3 Å². The first-order chi connectivity index (χ1) is 12.1. The summed E-state index contributed by atoms with van der Waals surface area (Å²) >= 11 is 0. The van der Waals surface area contributed by atoms with Crippen LogP contribution in [0.2, 0.25) is 0 Å². The molecule has 25 heavy (non-hydrogen) atoms. The first kappa shape index (κ1) is 21.7. The third-order valence-corrected chi connectivity index (χ3v) is 4.94. The van der Waals surface area contributed by atoms with Gasteiger partial charge in [0.1, 0.15) is 0 Å². The number of carboxylic acids is 1. The fraction of sp³-hybridized carbons (Fsp3) is 0.850. The average molecular weight is 352 g/mol. The number of hydrogen-bond donors (Lipinski definition) is 1. The average Bonchev–Trinajstić information content (AvgIpc) is 2.89. The molecule has 1 N–H and O–H groups in total. The highest BCUT2D eigenvalue weighted by atomic mass is 16.4. The largest absolute Gasteiger partial charge is 0.481 e. The highest BCUT2D eigenvalue weighted by molar-refractivity contribution is 5.66. The Balaban J connectivity index is 1.78. The Morgan fingerprint density at radius 3 is 1.68 bits per heavy atom. The summed E-state index contributed by atoms with van der Waals surface area (Å²) in [5.74, 6) is -0.663. The topological polar surface area (TPSA) is 68.0 Å². The Bertz CT molecular complexity index is 452. The van der Waals surface area contributed by atoms with Crippen molar-refractivity contribution in [2.24, 2.45) is 7.05 Å². The number of unbranched alkanes of at least 4 members (excludes halogenated alkanes) is 12. The lowest BCUT2D eigenvalue weighted by atomic mass is 10.0. The van der Waals surface area contributed by atoms with Gasteiger partial charge in [-0.15, -0.1) is 5.10 Å². The smallest absolute Gasteiger partial charge is 0.303 e. The molecule has 5 nitrogen and oxygen atoms in total. The molecular weight excluding hydrogens is 314 g/mol. The van der Waals surface area contributed by atoms with E-state index >= 15 is 0 Å². The Morgan fingerprint density at radius 1 is 0.840 bits per heavy atom. The second-order valence-corrected chi connectivity index (χ2v) is 7.24. The molecule has 0 amide bonds. The van der Waals surface area contributed by atoms with Gasteiger partial charge in [0, 0.05) is 13.5 Å². The monoisotopic (exact) mass is 351 g/mol.